The fourth-order valence-corrected chi connectivity index (χ4v) is 3.13. The van der Waals surface area contributed by atoms with Crippen molar-refractivity contribution in [3.05, 3.63) is 38.9 Å². The molecule has 0 nitrogen and oxygen atoms in total. The van der Waals surface area contributed by atoms with Gasteiger partial charge in [-0.05, 0) is 0 Å². The molecule has 1 rings (SSSR count). The minimum absolute atomic E-state index is 0.415. The van der Waals surface area contributed by atoms with Gasteiger partial charge in [0.2, 0.25) is 0 Å². The molecule has 0 aliphatic rings. The van der Waals surface area contributed by atoms with Gasteiger partial charge in [0.1, 0.15) is 0 Å². The molecule has 0 aliphatic heterocycles. The number of halogens is 2. The molecule has 0 aliphatic carbocycles. The molecule has 0 atom stereocenters. The van der Waals surface area contributed by atoms with Crippen LogP contribution in [0.2, 0.25) is 0 Å². The van der Waals surface area contributed by atoms with Gasteiger partial charge in [0.15, 0.2) is 0 Å². The van der Waals surface area contributed by atoms with E-state index in [9.17, 15) is 0 Å². The van der Waals surface area contributed by atoms with Crippen LogP contribution in [0.4, 0.5) is 0 Å². The Morgan fingerprint density at radius 1 is 1.27 bits per heavy atom. The summed E-state index contributed by atoms with van der Waals surface area (Å²) in [6.45, 7) is 0. The average Bonchev–Trinajstić information content (AvgIpc) is 2.06. The molecule has 0 amide bonds. The van der Waals surface area contributed by atoms with E-state index in [4.69, 9.17) is 23.2 Å². The Morgan fingerprint density at radius 3 is 2.45 bits per heavy atom. The summed E-state index contributed by atoms with van der Waals surface area (Å²) in [6.07, 6.45) is 0. The van der Waals surface area contributed by atoms with Crippen molar-refractivity contribution < 1.29 is 0 Å². The molecule has 3 heteroatoms. The van der Waals surface area contributed by atoms with E-state index in [0.717, 1.165) is 3.08 Å². The van der Waals surface area contributed by atoms with E-state index in [1.165, 1.54) is 9.15 Å². The normalized spacial score (nSPS) is 11.6. The van der Waals surface area contributed by atoms with Crippen molar-refractivity contribution in [1.29, 1.82) is 0 Å². The van der Waals surface area contributed by atoms with Gasteiger partial charge in [-0.1, -0.05) is 0 Å². The molecule has 0 saturated heterocycles. The summed E-state index contributed by atoms with van der Waals surface area (Å²) in [5, 5.41) is 0. The standard InChI is InChI=1S/C8H6Cl2Te/c9-6-8(10)11-7-4-2-1-3-5-7/h1-6H/b8-6+. The van der Waals surface area contributed by atoms with Crippen molar-refractivity contribution in [2.75, 3.05) is 0 Å². The topological polar surface area (TPSA) is 0 Å². The molecule has 0 bridgehead atoms. The first-order valence-corrected chi connectivity index (χ1v) is 6.16. The molecule has 11 heavy (non-hydrogen) atoms. The SMILES string of the molecule is Cl/C=C(\Cl)[Te]c1ccccc1. The van der Waals surface area contributed by atoms with Crippen molar-refractivity contribution >= 4 is 47.7 Å². The van der Waals surface area contributed by atoms with Crippen molar-refractivity contribution in [3.63, 3.8) is 0 Å². The summed E-state index contributed by atoms with van der Waals surface area (Å²) in [5.74, 6) is 0. The monoisotopic (exact) mass is 302 g/mol. The molecular weight excluding hydrogens is 295 g/mol. The van der Waals surface area contributed by atoms with Crippen molar-refractivity contribution in [3.8, 4) is 0 Å². The Morgan fingerprint density at radius 2 is 1.91 bits per heavy atom. The third-order valence-electron chi connectivity index (χ3n) is 1.04. The van der Waals surface area contributed by atoms with Crippen LogP contribution in [0, 0.1) is 0 Å². The minimum atomic E-state index is -0.415. The second-order valence-electron chi connectivity index (χ2n) is 1.83. The Hall–Kier alpha value is 0.330. The third kappa shape index (κ3) is 3.49. The summed E-state index contributed by atoms with van der Waals surface area (Å²) >= 11 is 10.8. The number of rotatable bonds is 2. The van der Waals surface area contributed by atoms with Crippen LogP contribution in [-0.4, -0.2) is 20.9 Å². The predicted octanol–water partition coefficient (Wildman–Crippen LogP) is 2.29. The second-order valence-corrected chi connectivity index (χ2v) is 6.34. The first-order chi connectivity index (χ1) is 5.33. The first-order valence-electron chi connectivity index (χ1n) is 3.01. The van der Waals surface area contributed by atoms with Crippen LogP contribution >= 0.6 is 23.2 Å². The average molecular weight is 301 g/mol. The van der Waals surface area contributed by atoms with Crippen molar-refractivity contribution in [2.24, 2.45) is 0 Å². The number of hydrogen-bond donors (Lipinski definition) is 0. The molecule has 1 aromatic carbocycles. The summed E-state index contributed by atoms with van der Waals surface area (Å²) in [4.78, 5) is 0. The fraction of sp³-hybridized carbons (Fsp3) is 0. The first kappa shape index (κ1) is 9.42. The summed E-state index contributed by atoms with van der Waals surface area (Å²) < 4.78 is 2.10. The van der Waals surface area contributed by atoms with Crippen LogP contribution in [0.1, 0.15) is 0 Å². The van der Waals surface area contributed by atoms with Gasteiger partial charge in [0, 0.05) is 0 Å². The van der Waals surface area contributed by atoms with Crippen LogP contribution in [0.3, 0.4) is 0 Å². The van der Waals surface area contributed by atoms with Gasteiger partial charge in [-0.3, -0.25) is 0 Å². The van der Waals surface area contributed by atoms with E-state index in [0.29, 0.717) is 0 Å². The van der Waals surface area contributed by atoms with Gasteiger partial charge in [-0.25, -0.2) is 0 Å². The molecule has 0 fully saturated rings. The zero-order chi connectivity index (χ0) is 8.10. The predicted molar refractivity (Wildman–Crippen MR) is 51.6 cm³/mol. The molecule has 0 unspecified atom stereocenters. The Balaban J connectivity index is 2.65. The number of hydrogen-bond acceptors (Lipinski definition) is 0. The molecule has 0 N–H and O–H groups in total. The zero-order valence-corrected chi connectivity index (χ0v) is 9.47. The molecule has 1 aromatic rings. The van der Waals surface area contributed by atoms with Gasteiger partial charge in [0.25, 0.3) is 0 Å². The molecule has 0 aromatic heterocycles. The third-order valence-corrected chi connectivity index (χ3v) is 4.75. The Kier molecular flexibility index (Phi) is 4.33. The number of benzene rings is 1. The zero-order valence-electron chi connectivity index (χ0n) is 5.63. The van der Waals surface area contributed by atoms with Gasteiger partial charge < -0.3 is 0 Å². The second kappa shape index (κ2) is 5.06. The molecule has 0 saturated carbocycles. The van der Waals surface area contributed by atoms with Gasteiger partial charge >= 0.3 is 86.7 Å². The molecule has 0 heterocycles. The molecular formula is C8H6Cl2Te. The Labute approximate surface area is 86.3 Å². The quantitative estimate of drug-likeness (QED) is 0.735. The van der Waals surface area contributed by atoms with Crippen LogP contribution in [0.15, 0.2) is 38.9 Å². The molecule has 0 radical (unpaired) electrons. The van der Waals surface area contributed by atoms with E-state index < -0.39 is 20.9 Å². The van der Waals surface area contributed by atoms with Crippen molar-refractivity contribution in [1.82, 2.24) is 0 Å². The van der Waals surface area contributed by atoms with Crippen LogP contribution < -0.4 is 3.61 Å². The summed E-state index contributed by atoms with van der Waals surface area (Å²) in [7, 11) is 0. The summed E-state index contributed by atoms with van der Waals surface area (Å²) in [6, 6.07) is 10.2. The Bertz CT molecular complexity index is 244. The van der Waals surface area contributed by atoms with Crippen LogP contribution in [0.5, 0.6) is 0 Å². The van der Waals surface area contributed by atoms with Gasteiger partial charge in [0.05, 0.1) is 0 Å². The van der Waals surface area contributed by atoms with Crippen molar-refractivity contribution in [2.45, 2.75) is 0 Å². The molecule has 0 spiro atoms. The summed E-state index contributed by atoms with van der Waals surface area (Å²) in [5.41, 5.74) is 1.46. The van der Waals surface area contributed by atoms with E-state index in [2.05, 4.69) is 12.1 Å². The van der Waals surface area contributed by atoms with Crippen LogP contribution in [-0.2, 0) is 0 Å². The van der Waals surface area contributed by atoms with E-state index in [1.54, 1.807) is 0 Å². The molecule has 58 valence electrons. The van der Waals surface area contributed by atoms with Gasteiger partial charge in [-0.15, -0.1) is 0 Å². The fourth-order valence-electron chi connectivity index (χ4n) is 0.623. The maximum absolute atomic E-state index is 5.79. The van der Waals surface area contributed by atoms with E-state index in [-0.39, 0.29) is 0 Å². The van der Waals surface area contributed by atoms with Crippen LogP contribution in [0.25, 0.3) is 0 Å². The van der Waals surface area contributed by atoms with E-state index >= 15 is 0 Å². The van der Waals surface area contributed by atoms with E-state index in [1.807, 2.05) is 18.2 Å². The van der Waals surface area contributed by atoms with Gasteiger partial charge in [-0.2, -0.15) is 0 Å². The maximum atomic E-state index is 5.79.